The van der Waals surface area contributed by atoms with Crippen LogP contribution in [0.2, 0.25) is 0 Å². The molecule has 0 N–H and O–H groups in total. The highest BCUT2D eigenvalue weighted by Crippen LogP contribution is 2.40. The Hall–Kier alpha value is -8.07. The van der Waals surface area contributed by atoms with Gasteiger partial charge in [-0.05, 0) is 77.9 Å². The van der Waals surface area contributed by atoms with Gasteiger partial charge in [0.15, 0.2) is 5.82 Å². The number of benzene rings is 8. The van der Waals surface area contributed by atoms with Crippen molar-refractivity contribution in [3.8, 4) is 56.8 Å². The standard InChI is InChI=1S/C53H35N5/c54-36-42-33-41(37-25-27-39(28-26-37)49-35-48(38-15-5-1-6-16-38)55-53(56-49)40-17-7-2-8-18-40)29-31-50(42)58-51-24-14-13-23-46(51)47-34-45(30-32-52(47)58)57(43-19-9-3-10-20-43)44-21-11-4-12-22-44/h1-35H. The zero-order valence-corrected chi connectivity index (χ0v) is 31.4. The lowest BCUT2D eigenvalue weighted by atomic mass is 9.99. The lowest BCUT2D eigenvalue weighted by Crippen LogP contribution is -2.09. The van der Waals surface area contributed by atoms with Gasteiger partial charge in [0, 0.05) is 44.5 Å². The molecule has 0 radical (unpaired) electrons. The van der Waals surface area contributed by atoms with Crippen LogP contribution in [-0.2, 0) is 0 Å². The van der Waals surface area contributed by atoms with Crippen molar-refractivity contribution in [3.05, 3.63) is 218 Å². The van der Waals surface area contributed by atoms with Crippen molar-refractivity contribution in [3.63, 3.8) is 0 Å². The van der Waals surface area contributed by atoms with E-state index in [9.17, 15) is 5.26 Å². The van der Waals surface area contributed by atoms with Gasteiger partial charge in [0.1, 0.15) is 6.07 Å². The third kappa shape index (κ3) is 6.35. The Morgan fingerprint density at radius 3 is 1.55 bits per heavy atom. The Morgan fingerprint density at radius 1 is 0.397 bits per heavy atom. The number of nitrogens with zero attached hydrogens (tertiary/aromatic N) is 5. The van der Waals surface area contributed by atoms with Crippen LogP contribution in [0.25, 0.3) is 72.5 Å². The van der Waals surface area contributed by atoms with Crippen molar-refractivity contribution in [2.75, 3.05) is 4.90 Å². The molecule has 0 unspecified atom stereocenters. The first-order valence-corrected chi connectivity index (χ1v) is 19.3. The van der Waals surface area contributed by atoms with Gasteiger partial charge in [-0.1, -0.05) is 146 Å². The zero-order valence-electron chi connectivity index (χ0n) is 31.4. The summed E-state index contributed by atoms with van der Waals surface area (Å²) in [5.41, 5.74) is 13.4. The molecule has 0 saturated heterocycles. The first kappa shape index (κ1) is 34.4. The summed E-state index contributed by atoms with van der Waals surface area (Å²) in [6.45, 7) is 0. The first-order valence-electron chi connectivity index (χ1n) is 19.3. The molecule has 272 valence electrons. The van der Waals surface area contributed by atoms with E-state index in [2.05, 4.69) is 161 Å². The van der Waals surface area contributed by atoms with Gasteiger partial charge >= 0.3 is 0 Å². The van der Waals surface area contributed by atoms with Gasteiger partial charge in [-0.2, -0.15) is 5.26 Å². The fourth-order valence-electron chi connectivity index (χ4n) is 7.86. The molecule has 0 saturated carbocycles. The minimum absolute atomic E-state index is 0.597. The van der Waals surface area contributed by atoms with Crippen LogP contribution in [0.5, 0.6) is 0 Å². The highest BCUT2D eigenvalue weighted by molar-refractivity contribution is 6.11. The molecule has 0 fully saturated rings. The summed E-state index contributed by atoms with van der Waals surface area (Å²) in [6, 6.07) is 75.4. The smallest absolute Gasteiger partial charge is 0.160 e. The molecule has 10 aromatic rings. The number of anilines is 3. The van der Waals surface area contributed by atoms with E-state index in [0.717, 1.165) is 83.8 Å². The van der Waals surface area contributed by atoms with E-state index in [1.165, 1.54) is 0 Å². The lowest BCUT2D eigenvalue weighted by molar-refractivity contribution is 1.17. The Morgan fingerprint density at radius 2 is 0.914 bits per heavy atom. The van der Waals surface area contributed by atoms with Crippen molar-refractivity contribution in [2.45, 2.75) is 0 Å². The summed E-state index contributed by atoms with van der Waals surface area (Å²) in [6.07, 6.45) is 0. The quantitative estimate of drug-likeness (QED) is 0.156. The second-order valence-electron chi connectivity index (χ2n) is 14.2. The summed E-state index contributed by atoms with van der Waals surface area (Å²) in [7, 11) is 0. The molecule has 0 bridgehead atoms. The van der Waals surface area contributed by atoms with E-state index in [4.69, 9.17) is 9.97 Å². The van der Waals surface area contributed by atoms with Crippen LogP contribution in [0.3, 0.4) is 0 Å². The molecular formula is C53H35N5. The predicted molar refractivity (Wildman–Crippen MR) is 238 cm³/mol. The molecule has 58 heavy (non-hydrogen) atoms. The number of aromatic nitrogens is 3. The summed E-state index contributed by atoms with van der Waals surface area (Å²) in [5.74, 6) is 0.682. The summed E-state index contributed by atoms with van der Waals surface area (Å²) < 4.78 is 2.22. The minimum Gasteiger partial charge on any atom is -0.310 e. The summed E-state index contributed by atoms with van der Waals surface area (Å²) in [4.78, 5) is 12.2. The van der Waals surface area contributed by atoms with Crippen molar-refractivity contribution < 1.29 is 0 Å². The molecule has 2 aromatic heterocycles. The molecule has 0 aliphatic heterocycles. The van der Waals surface area contributed by atoms with Gasteiger partial charge in [0.25, 0.3) is 0 Å². The van der Waals surface area contributed by atoms with Crippen LogP contribution in [0, 0.1) is 11.3 Å². The van der Waals surface area contributed by atoms with E-state index in [0.29, 0.717) is 11.4 Å². The Bertz CT molecular complexity index is 3000. The van der Waals surface area contributed by atoms with Crippen molar-refractivity contribution in [1.82, 2.24) is 14.5 Å². The molecule has 0 aliphatic carbocycles. The molecule has 10 rings (SSSR count). The number of para-hydroxylation sites is 3. The number of nitriles is 1. The van der Waals surface area contributed by atoms with Crippen molar-refractivity contribution >= 4 is 38.9 Å². The van der Waals surface area contributed by atoms with E-state index < -0.39 is 0 Å². The summed E-state index contributed by atoms with van der Waals surface area (Å²) >= 11 is 0. The van der Waals surface area contributed by atoms with Gasteiger partial charge in [0.05, 0.1) is 33.7 Å². The minimum atomic E-state index is 0.597. The first-order chi connectivity index (χ1) is 28.7. The fourth-order valence-corrected chi connectivity index (χ4v) is 7.86. The summed E-state index contributed by atoms with van der Waals surface area (Å²) in [5, 5.41) is 12.9. The van der Waals surface area contributed by atoms with Crippen molar-refractivity contribution in [1.29, 1.82) is 5.26 Å². The normalized spacial score (nSPS) is 11.1. The van der Waals surface area contributed by atoms with Gasteiger partial charge in [-0.25, -0.2) is 9.97 Å². The van der Waals surface area contributed by atoms with Gasteiger partial charge in [-0.15, -0.1) is 0 Å². The predicted octanol–water partition coefficient (Wildman–Crippen LogP) is 13.6. The molecular weight excluding hydrogens is 707 g/mol. The maximum absolute atomic E-state index is 10.7. The number of fused-ring (bicyclic) bond motifs is 3. The Kier molecular flexibility index (Phi) is 8.83. The third-order valence-corrected chi connectivity index (χ3v) is 10.6. The maximum Gasteiger partial charge on any atom is 0.160 e. The topological polar surface area (TPSA) is 57.7 Å². The van der Waals surface area contributed by atoms with E-state index in [1.54, 1.807) is 0 Å². The molecule has 0 amide bonds. The second kappa shape index (κ2) is 14.9. The third-order valence-electron chi connectivity index (χ3n) is 10.6. The molecule has 8 aromatic carbocycles. The van der Waals surface area contributed by atoms with E-state index >= 15 is 0 Å². The fraction of sp³-hybridized carbons (Fsp3) is 0. The highest BCUT2D eigenvalue weighted by Gasteiger charge is 2.19. The van der Waals surface area contributed by atoms with Crippen LogP contribution in [0.1, 0.15) is 5.56 Å². The van der Waals surface area contributed by atoms with Crippen LogP contribution in [-0.4, -0.2) is 14.5 Å². The second-order valence-corrected chi connectivity index (χ2v) is 14.2. The molecule has 0 atom stereocenters. The largest absolute Gasteiger partial charge is 0.310 e. The molecule has 5 nitrogen and oxygen atoms in total. The van der Waals surface area contributed by atoms with Gasteiger partial charge in [-0.3, -0.25) is 0 Å². The molecule has 0 spiro atoms. The zero-order chi connectivity index (χ0) is 38.8. The van der Waals surface area contributed by atoms with E-state index in [1.807, 2.05) is 66.7 Å². The van der Waals surface area contributed by atoms with Crippen LogP contribution >= 0.6 is 0 Å². The molecule has 2 heterocycles. The van der Waals surface area contributed by atoms with Crippen LogP contribution in [0.15, 0.2) is 212 Å². The lowest BCUT2D eigenvalue weighted by Gasteiger charge is -2.25. The van der Waals surface area contributed by atoms with Crippen LogP contribution in [0.4, 0.5) is 17.1 Å². The number of hydrogen-bond donors (Lipinski definition) is 0. The van der Waals surface area contributed by atoms with Gasteiger partial charge < -0.3 is 9.47 Å². The number of hydrogen-bond acceptors (Lipinski definition) is 4. The SMILES string of the molecule is N#Cc1cc(-c2ccc(-c3cc(-c4ccccc4)nc(-c4ccccc4)n3)cc2)ccc1-n1c2ccccc2c2cc(N(c3ccccc3)c3ccccc3)ccc21. The maximum atomic E-state index is 10.7. The monoisotopic (exact) mass is 741 g/mol. The average molecular weight is 742 g/mol. The average Bonchev–Trinajstić information content (AvgIpc) is 3.63. The Labute approximate surface area is 337 Å². The van der Waals surface area contributed by atoms with E-state index in [-0.39, 0.29) is 0 Å². The van der Waals surface area contributed by atoms with Crippen LogP contribution < -0.4 is 4.90 Å². The molecule has 0 aliphatic rings. The molecule has 5 heteroatoms. The van der Waals surface area contributed by atoms with Gasteiger partial charge in [0.2, 0.25) is 0 Å². The highest BCUT2D eigenvalue weighted by atomic mass is 15.1. The Balaban J connectivity index is 1.03. The van der Waals surface area contributed by atoms with Crippen molar-refractivity contribution in [2.24, 2.45) is 0 Å². The number of rotatable bonds is 8.